The lowest BCUT2D eigenvalue weighted by Gasteiger charge is -2.06. The fraction of sp³-hybridized carbons (Fsp3) is 0.222. The third-order valence-corrected chi connectivity index (χ3v) is 5.79. The molecule has 0 saturated heterocycles. The summed E-state index contributed by atoms with van der Waals surface area (Å²) >= 11 is 1.31. The first kappa shape index (κ1) is 21.2. The van der Waals surface area contributed by atoms with E-state index in [0.29, 0.717) is 4.80 Å². The average molecular weight is 443 g/mol. The van der Waals surface area contributed by atoms with E-state index in [1.54, 1.807) is 4.57 Å². The molecular formula is C18H16F3N3O3S2. The summed E-state index contributed by atoms with van der Waals surface area (Å²) in [5.74, 6) is -0.392. The van der Waals surface area contributed by atoms with Crippen LogP contribution in [0.5, 0.6) is 0 Å². The number of aryl methyl sites for hydroxylation is 1. The third-order valence-electron chi connectivity index (χ3n) is 3.94. The number of halogens is 3. The number of hydrogen-bond donors (Lipinski definition) is 1. The third kappa shape index (κ3) is 5.75. The Balaban J connectivity index is 1.91. The monoisotopic (exact) mass is 443 g/mol. The molecule has 29 heavy (non-hydrogen) atoms. The maximum Gasteiger partial charge on any atom is 0.416 e. The highest BCUT2D eigenvalue weighted by molar-refractivity contribution is 7.85. The number of para-hydroxylation sites is 1. The predicted molar refractivity (Wildman–Crippen MR) is 105 cm³/mol. The number of rotatable bonds is 6. The van der Waals surface area contributed by atoms with Crippen LogP contribution in [0, 0.1) is 0 Å². The number of fused-ring (bicyclic) bond motifs is 1. The Morgan fingerprint density at radius 3 is 2.62 bits per heavy atom. The number of alkyl halides is 3. The van der Waals surface area contributed by atoms with Crippen LogP contribution in [0.3, 0.4) is 0 Å². The molecule has 0 bridgehead atoms. The fourth-order valence-corrected chi connectivity index (χ4v) is 4.17. The van der Waals surface area contributed by atoms with Crippen molar-refractivity contribution >= 4 is 37.9 Å². The number of hydrogen-bond acceptors (Lipinski definition) is 5. The molecule has 0 aliphatic heterocycles. The first-order valence-electron chi connectivity index (χ1n) is 8.41. The quantitative estimate of drug-likeness (QED) is 0.356. The molecule has 0 amide bonds. The molecular weight excluding hydrogens is 427 g/mol. The van der Waals surface area contributed by atoms with Crippen LogP contribution in [-0.4, -0.2) is 29.5 Å². The highest BCUT2D eigenvalue weighted by atomic mass is 32.2. The van der Waals surface area contributed by atoms with E-state index in [2.05, 4.69) is 10.2 Å². The highest BCUT2D eigenvalue weighted by Gasteiger charge is 2.30. The molecule has 0 unspecified atom stereocenters. The molecule has 1 N–H and O–H groups in total. The average Bonchev–Trinajstić information content (AvgIpc) is 2.98. The van der Waals surface area contributed by atoms with Gasteiger partial charge in [-0.3, -0.25) is 4.55 Å². The topological polar surface area (TPSA) is 84.0 Å². The Kier molecular flexibility index (Phi) is 6.20. The molecule has 0 aliphatic rings. The minimum atomic E-state index is -4.44. The Morgan fingerprint density at radius 1 is 1.14 bits per heavy atom. The van der Waals surface area contributed by atoms with Crippen molar-refractivity contribution in [2.24, 2.45) is 10.2 Å². The van der Waals surface area contributed by atoms with Crippen molar-refractivity contribution in [1.29, 1.82) is 0 Å². The zero-order chi connectivity index (χ0) is 21.1. The van der Waals surface area contributed by atoms with E-state index in [0.717, 1.165) is 22.3 Å². The van der Waals surface area contributed by atoms with E-state index >= 15 is 0 Å². The van der Waals surface area contributed by atoms with Gasteiger partial charge in [-0.25, -0.2) is 0 Å². The SMILES string of the molecule is O=S(=O)(O)CCCn1/c(=N\N=C/c2cccc(C(F)(F)F)c2)sc2ccccc21. The molecule has 3 rings (SSSR count). The Labute approximate surface area is 168 Å². The molecule has 3 aromatic rings. The van der Waals surface area contributed by atoms with Gasteiger partial charge in [-0.1, -0.05) is 35.6 Å². The Bertz CT molecular complexity index is 1210. The molecule has 11 heteroatoms. The number of benzene rings is 2. The Hall–Kier alpha value is -2.50. The van der Waals surface area contributed by atoms with Crippen LogP contribution in [0.4, 0.5) is 13.2 Å². The summed E-state index contributed by atoms with van der Waals surface area (Å²) in [5.41, 5.74) is 0.298. The van der Waals surface area contributed by atoms with E-state index in [4.69, 9.17) is 4.55 Å². The zero-order valence-electron chi connectivity index (χ0n) is 14.9. The summed E-state index contributed by atoms with van der Waals surface area (Å²) in [6.45, 7) is 0.279. The van der Waals surface area contributed by atoms with Gasteiger partial charge in [0.15, 0.2) is 0 Å². The van der Waals surface area contributed by atoms with Crippen LogP contribution in [-0.2, 0) is 22.8 Å². The fourth-order valence-electron chi connectivity index (χ4n) is 2.66. The van der Waals surface area contributed by atoms with Gasteiger partial charge < -0.3 is 4.57 Å². The molecule has 6 nitrogen and oxygen atoms in total. The van der Waals surface area contributed by atoms with Gasteiger partial charge in [0.25, 0.3) is 10.1 Å². The van der Waals surface area contributed by atoms with Crippen molar-refractivity contribution in [1.82, 2.24) is 4.57 Å². The second kappa shape index (κ2) is 8.47. The predicted octanol–water partition coefficient (Wildman–Crippen LogP) is 3.93. The summed E-state index contributed by atoms with van der Waals surface area (Å²) in [6, 6.07) is 12.1. The van der Waals surface area contributed by atoms with Crippen LogP contribution in [0.25, 0.3) is 10.2 Å². The van der Waals surface area contributed by atoms with E-state index in [1.165, 1.54) is 29.7 Å². The van der Waals surface area contributed by atoms with Gasteiger partial charge in [-0.05, 0) is 36.2 Å². The molecule has 0 radical (unpaired) electrons. The van der Waals surface area contributed by atoms with Gasteiger partial charge in [0.05, 0.1) is 27.7 Å². The van der Waals surface area contributed by atoms with Gasteiger partial charge in [0.1, 0.15) is 0 Å². The van der Waals surface area contributed by atoms with Crippen molar-refractivity contribution in [3.63, 3.8) is 0 Å². The minimum Gasteiger partial charge on any atom is -0.315 e. The molecule has 1 aromatic heterocycles. The summed E-state index contributed by atoms with van der Waals surface area (Å²) < 4.78 is 71.9. The maximum atomic E-state index is 12.8. The Morgan fingerprint density at radius 2 is 1.90 bits per heavy atom. The second-order valence-electron chi connectivity index (χ2n) is 6.11. The van der Waals surface area contributed by atoms with Crippen LogP contribution in [0.1, 0.15) is 17.5 Å². The maximum absolute atomic E-state index is 12.8. The normalized spacial score (nSPS) is 13.6. The molecule has 0 aliphatic carbocycles. The van der Waals surface area contributed by atoms with Gasteiger partial charge in [-0.15, -0.1) is 5.10 Å². The molecule has 2 aromatic carbocycles. The number of aromatic nitrogens is 1. The summed E-state index contributed by atoms with van der Waals surface area (Å²) in [7, 11) is -4.07. The molecule has 1 heterocycles. The summed E-state index contributed by atoms with van der Waals surface area (Å²) in [6.07, 6.45) is -3.05. The van der Waals surface area contributed by atoms with Crippen molar-refractivity contribution in [3.05, 3.63) is 64.5 Å². The largest absolute Gasteiger partial charge is 0.416 e. The first-order valence-corrected chi connectivity index (χ1v) is 10.8. The van der Waals surface area contributed by atoms with Crippen LogP contribution < -0.4 is 4.80 Å². The number of nitrogens with zero attached hydrogens (tertiary/aromatic N) is 3. The van der Waals surface area contributed by atoms with Crippen LogP contribution >= 0.6 is 11.3 Å². The lowest BCUT2D eigenvalue weighted by molar-refractivity contribution is -0.137. The van der Waals surface area contributed by atoms with Gasteiger partial charge in [-0.2, -0.15) is 26.7 Å². The highest BCUT2D eigenvalue weighted by Crippen LogP contribution is 2.29. The van der Waals surface area contributed by atoms with E-state index in [9.17, 15) is 21.6 Å². The molecule has 0 fully saturated rings. The van der Waals surface area contributed by atoms with Crippen molar-refractivity contribution in [3.8, 4) is 0 Å². The molecule has 0 saturated carbocycles. The second-order valence-corrected chi connectivity index (χ2v) is 8.69. The lowest BCUT2D eigenvalue weighted by Crippen LogP contribution is -2.17. The molecule has 0 spiro atoms. The van der Waals surface area contributed by atoms with Gasteiger partial charge >= 0.3 is 6.18 Å². The minimum absolute atomic E-state index is 0.171. The summed E-state index contributed by atoms with van der Waals surface area (Å²) in [4.78, 5) is 0.463. The van der Waals surface area contributed by atoms with E-state index in [-0.39, 0.29) is 18.5 Å². The van der Waals surface area contributed by atoms with Crippen LogP contribution in [0.15, 0.2) is 58.7 Å². The van der Waals surface area contributed by atoms with E-state index < -0.39 is 27.6 Å². The zero-order valence-corrected chi connectivity index (χ0v) is 16.5. The lowest BCUT2D eigenvalue weighted by atomic mass is 10.1. The standard InChI is InChI=1S/C18H16F3N3O3S2/c19-18(20,21)14-6-3-5-13(11-14)12-22-23-17-24(9-4-10-29(25,26)27)15-7-1-2-8-16(15)28-17/h1-3,5-8,11-12H,4,9-10H2,(H,25,26,27)/b22-12-,23-17+. The van der Waals surface area contributed by atoms with Gasteiger partial charge in [0.2, 0.25) is 4.80 Å². The molecule has 154 valence electrons. The van der Waals surface area contributed by atoms with Crippen molar-refractivity contribution < 1.29 is 26.1 Å². The summed E-state index contributed by atoms with van der Waals surface area (Å²) in [5, 5.41) is 8.01. The first-order chi connectivity index (χ1) is 13.6. The van der Waals surface area contributed by atoms with Crippen LogP contribution in [0.2, 0.25) is 0 Å². The van der Waals surface area contributed by atoms with Crippen molar-refractivity contribution in [2.75, 3.05) is 5.75 Å². The smallest absolute Gasteiger partial charge is 0.315 e. The molecule has 0 atom stereocenters. The van der Waals surface area contributed by atoms with E-state index in [1.807, 2.05) is 24.3 Å². The van der Waals surface area contributed by atoms with Gasteiger partial charge in [0, 0.05) is 6.54 Å². The van der Waals surface area contributed by atoms with Crippen molar-refractivity contribution in [2.45, 2.75) is 19.1 Å². The number of thiazole rings is 1.